The quantitative estimate of drug-likeness (QED) is 0.0948. The fourth-order valence-corrected chi connectivity index (χ4v) is 6.08. The lowest BCUT2D eigenvalue weighted by atomic mass is 10.0. The number of amides is 3. The van der Waals surface area contributed by atoms with Crippen molar-refractivity contribution in [3.8, 4) is 11.1 Å². The third-order valence-electron chi connectivity index (χ3n) is 6.27. The molecule has 0 saturated heterocycles. The van der Waals surface area contributed by atoms with Crippen molar-refractivity contribution >= 4 is 69.7 Å². The molecule has 5 aromatic rings. The molecule has 226 valence electrons. The minimum absolute atomic E-state index is 0.101. The molecule has 0 aliphatic carbocycles. The van der Waals surface area contributed by atoms with Gasteiger partial charge in [0.2, 0.25) is 16.2 Å². The number of rotatable bonds is 12. The average molecular weight is 652 g/mol. The van der Waals surface area contributed by atoms with Crippen molar-refractivity contribution in [1.82, 2.24) is 14.7 Å². The smallest absolute Gasteiger partial charge is 0.272 e. The number of nitrogens with zero attached hydrogens (tertiary/aromatic N) is 2. The van der Waals surface area contributed by atoms with E-state index < -0.39 is 11.8 Å². The number of nitrogens with one attached hydrogen (secondary N) is 3. The Bertz CT molecular complexity index is 1780. The Hall–Kier alpha value is -4.71. The predicted octanol–water partition coefficient (Wildman–Crippen LogP) is 7.46. The first-order chi connectivity index (χ1) is 22.0. The monoisotopic (exact) mass is 651 g/mol. The van der Waals surface area contributed by atoms with Crippen molar-refractivity contribution < 1.29 is 14.4 Å². The molecule has 8 nitrogen and oxygen atoms in total. The highest BCUT2D eigenvalue weighted by atomic mass is 32.2. The molecule has 1 aromatic heterocycles. The van der Waals surface area contributed by atoms with Gasteiger partial charge in [0.1, 0.15) is 5.70 Å². The summed E-state index contributed by atoms with van der Waals surface area (Å²) in [5.74, 6) is 0.0190. The molecule has 0 radical (unpaired) electrons. The second-order valence-electron chi connectivity index (χ2n) is 9.50. The molecule has 3 N–H and O–H groups in total. The van der Waals surface area contributed by atoms with Gasteiger partial charge in [-0.1, -0.05) is 91.5 Å². The average Bonchev–Trinajstić information content (AvgIpc) is 3.51. The van der Waals surface area contributed by atoms with E-state index in [1.807, 2.05) is 79.7 Å². The van der Waals surface area contributed by atoms with Crippen LogP contribution in [0.3, 0.4) is 0 Å². The number of aromatic nitrogens is 2. The van der Waals surface area contributed by atoms with Gasteiger partial charge in [-0.3, -0.25) is 19.7 Å². The Kier molecular flexibility index (Phi) is 11.2. The number of hydrogen-bond acceptors (Lipinski definition) is 8. The fraction of sp³-hybridized carbons (Fsp3) is 0.0882. The Morgan fingerprint density at radius 1 is 0.778 bits per heavy atom. The first-order valence-corrected chi connectivity index (χ1v) is 16.8. The van der Waals surface area contributed by atoms with Crippen molar-refractivity contribution in [2.45, 2.75) is 17.0 Å². The molecule has 0 saturated carbocycles. The highest BCUT2D eigenvalue weighted by molar-refractivity contribution is 8.00. The molecule has 0 atom stereocenters. The van der Waals surface area contributed by atoms with Gasteiger partial charge in [0.05, 0.1) is 5.75 Å². The number of anilines is 2. The Morgan fingerprint density at radius 2 is 1.44 bits per heavy atom. The maximum Gasteiger partial charge on any atom is 0.272 e. The second kappa shape index (κ2) is 15.8. The topological polar surface area (TPSA) is 113 Å². The van der Waals surface area contributed by atoms with Gasteiger partial charge in [-0.2, -0.15) is 9.36 Å². The largest absolute Gasteiger partial charge is 0.321 e. The molecule has 4 aromatic carbocycles. The van der Waals surface area contributed by atoms with E-state index >= 15 is 0 Å². The number of carbonyl (C=O) groups is 3. The van der Waals surface area contributed by atoms with Gasteiger partial charge in [-0.05, 0) is 64.9 Å². The molecule has 45 heavy (non-hydrogen) atoms. The molecule has 11 heteroatoms. The van der Waals surface area contributed by atoms with Crippen molar-refractivity contribution in [2.24, 2.45) is 0 Å². The van der Waals surface area contributed by atoms with Crippen LogP contribution in [0.1, 0.15) is 22.8 Å². The summed E-state index contributed by atoms with van der Waals surface area (Å²) < 4.78 is 4.20. The van der Waals surface area contributed by atoms with Gasteiger partial charge in [0, 0.05) is 27.7 Å². The van der Waals surface area contributed by atoms with Crippen LogP contribution in [0.25, 0.3) is 17.2 Å². The van der Waals surface area contributed by atoms with E-state index in [-0.39, 0.29) is 17.4 Å². The van der Waals surface area contributed by atoms with Crippen LogP contribution in [0.15, 0.2) is 125 Å². The van der Waals surface area contributed by atoms with Crippen LogP contribution in [0.5, 0.6) is 0 Å². The van der Waals surface area contributed by atoms with Crippen LogP contribution in [-0.4, -0.2) is 38.6 Å². The molecule has 0 aliphatic heterocycles. The van der Waals surface area contributed by atoms with E-state index in [2.05, 4.69) is 25.3 Å². The molecule has 5 rings (SSSR count). The fourth-order valence-electron chi connectivity index (χ4n) is 4.10. The van der Waals surface area contributed by atoms with Gasteiger partial charge in [-0.25, -0.2) is 0 Å². The van der Waals surface area contributed by atoms with E-state index in [9.17, 15) is 14.4 Å². The van der Waals surface area contributed by atoms with Crippen LogP contribution >= 0.6 is 35.1 Å². The Balaban J connectivity index is 1.24. The van der Waals surface area contributed by atoms with Crippen molar-refractivity contribution in [3.63, 3.8) is 0 Å². The summed E-state index contributed by atoms with van der Waals surface area (Å²) in [7, 11) is 0. The van der Waals surface area contributed by atoms with Crippen molar-refractivity contribution in [3.05, 3.63) is 126 Å². The lowest BCUT2D eigenvalue weighted by Gasteiger charge is -2.12. The highest BCUT2D eigenvalue weighted by Gasteiger charge is 2.16. The molecule has 0 unspecified atom stereocenters. The van der Waals surface area contributed by atoms with Crippen LogP contribution in [0, 0.1) is 0 Å². The molecular weight excluding hydrogens is 623 g/mol. The van der Waals surface area contributed by atoms with Crippen LogP contribution in [-0.2, 0) is 9.59 Å². The van der Waals surface area contributed by atoms with E-state index in [1.54, 1.807) is 42.5 Å². The molecule has 0 fully saturated rings. The molecule has 0 aliphatic rings. The maximum absolute atomic E-state index is 13.4. The zero-order chi connectivity index (χ0) is 31.4. The van der Waals surface area contributed by atoms with Gasteiger partial charge in [0.25, 0.3) is 11.8 Å². The summed E-state index contributed by atoms with van der Waals surface area (Å²) in [4.78, 5) is 43.9. The van der Waals surface area contributed by atoms with Gasteiger partial charge >= 0.3 is 0 Å². The number of carbonyl (C=O) groups excluding carboxylic acids is 3. The number of thioether (sulfide) groups is 2. The molecule has 0 spiro atoms. The summed E-state index contributed by atoms with van der Waals surface area (Å²) in [5.41, 5.74) is 3.97. The summed E-state index contributed by atoms with van der Waals surface area (Å²) in [6.45, 7) is 2.02. The third kappa shape index (κ3) is 9.39. The summed E-state index contributed by atoms with van der Waals surface area (Å²) >= 11 is 4.04. The zero-order valence-electron chi connectivity index (χ0n) is 24.2. The normalized spacial score (nSPS) is 11.1. The van der Waals surface area contributed by atoms with Crippen LogP contribution in [0.4, 0.5) is 10.8 Å². The maximum atomic E-state index is 13.4. The minimum atomic E-state index is -0.469. The minimum Gasteiger partial charge on any atom is -0.321 e. The predicted molar refractivity (Wildman–Crippen MR) is 184 cm³/mol. The summed E-state index contributed by atoms with van der Waals surface area (Å²) in [6, 6.07) is 33.6. The van der Waals surface area contributed by atoms with Crippen LogP contribution < -0.4 is 16.0 Å². The molecule has 3 amide bonds. The lowest BCUT2D eigenvalue weighted by molar-refractivity contribution is -0.114. The SMILES string of the molecule is CCSc1nsc(NC(=O)CSc2ccc(NC(=O)/C(=C/c3ccc(-c4ccccc4)cc3)NC(=O)c3ccccc3)cc2)n1. The second-order valence-corrected chi connectivity index (χ2v) is 12.5. The molecular formula is C34H29N5O3S3. The van der Waals surface area contributed by atoms with E-state index in [4.69, 9.17) is 0 Å². The summed E-state index contributed by atoms with van der Waals surface area (Å²) in [5, 5.41) is 9.54. The van der Waals surface area contributed by atoms with Crippen molar-refractivity contribution in [2.75, 3.05) is 22.1 Å². The standard InChI is InChI=1S/C34H29N5O3S3/c1-2-43-34-38-33(45-39-34)37-30(40)22-44-28-19-17-27(18-20-28)35-32(42)29(36-31(41)26-11-7-4-8-12-26)21-23-13-15-25(16-14-23)24-9-5-3-6-10-24/h3-21H,2,22H2,1H3,(H,35,42)(H,36,41)(H,37,38,39,40)/b29-21-. The van der Waals surface area contributed by atoms with Gasteiger partial charge < -0.3 is 10.6 Å². The molecule has 0 bridgehead atoms. The Labute approximate surface area is 273 Å². The van der Waals surface area contributed by atoms with Crippen molar-refractivity contribution in [1.29, 1.82) is 0 Å². The summed E-state index contributed by atoms with van der Waals surface area (Å²) in [6.07, 6.45) is 1.65. The molecule has 1 heterocycles. The Morgan fingerprint density at radius 3 is 2.13 bits per heavy atom. The van der Waals surface area contributed by atoms with Gasteiger partial charge in [-0.15, -0.1) is 11.8 Å². The van der Waals surface area contributed by atoms with E-state index in [0.717, 1.165) is 38.9 Å². The van der Waals surface area contributed by atoms with E-state index in [1.165, 1.54) is 23.5 Å². The van der Waals surface area contributed by atoms with E-state index in [0.29, 0.717) is 21.5 Å². The number of hydrogen-bond donors (Lipinski definition) is 3. The third-order valence-corrected chi connectivity index (χ3v) is 8.75. The zero-order valence-corrected chi connectivity index (χ0v) is 26.7. The first kappa shape index (κ1) is 31.7. The van der Waals surface area contributed by atoms with Crippen LogP contribution in [0.2, 0.25) is 0 Å². The number of benzene rings is 4. The lowest BCUT2D eigenvalue weighted by Crippen LogP contribution is -2.30. The van der Waals surface area contributed by atoms with Gasteiger partial charge in [0.15, 0.2) is 0 Å². The highest BCUT2D eigenvalue weighted by Crippen LogP contribution is 2.24. The first-order valence-electron chi connectivity index (χ1n) is 14.0.